The Kier molecular flexibility index (Phi) is 10.6. The molecule has 222 valence electrons. The predicted molar refractivity (Wildman–Crippen MR) is 155 cm³/mol. The van der Waals surface area contributed by atoms with Crippen molar-refractivity contribution in [2.24, 2.45) is 0 Å². The summed E-state index contributed by atoms with van der Waals surface area (Å²) in [7, 11) is 0. The molecule has 3 amide bonds. The SMILES string of the molecule is CCC(NC(=O)C(C)N1CCCCC(NC(=O)c2cccnc2)C1=O)C(=O)Cn1nnnc1Cc1c(Cl)cccc1Cl. The van der Waals surface area contributed by atoms with Crippen LogP contribution in [0.2, 0.25) is 10.0 Å². The van der Waals surface area contributed by atoms with E-state index in [9.17, 15) is 19.2 Å². The van der Waals surface area contributed by atoms with Gasteiger partial charge in [0.15, 0.2) is 11.6 Å². The average molecular weight is 616 g/mol. The molecule has 4 rings (SSSR count). The molecule has 0 bridgehead atoms. The molecule has 3 unspecified atom stereocenters. The molecule has 0 saturated carbocycles. The van der Waals surface area contributed by atoms with Gasteiger partial charge in [0.1, 0.15) is 18.6 Å². The van der Waals surface area contributed by atoms with E-state index in [4.69, 9.17) is 23.2 Å². The van der Waals surface area contributed by atoms with E-state index in [2.05, 4.69) is 31.1 Å². The number of tetrazole rings is 1. The molecule has 3 atom stereocenters. The number of Topliss-reactive ketones (excluding diaryl/α,β-unsaturated/α-hetero) is 1. The number of benzene rings is 1. The van der Waals surface area contributed by atoms with E-state index in [0.717, 1.165) is 0 Å². The summed E-state index contributed by atoms with van der Waals surface area (Å²) in [6, 6.07) is 5.93. The number of hydrogen-bond acceptors (Lipinski definition) is 8. The van der Waals surface area contributed by atoms with Crippen molar-refractivity contribution in [3.63, 3.8) is 0 Å². The van der Waals surface area contributed by atoms with Crippen LogP contribution in [0.15, 0.2) is 42.7 Å². The Morgan fingerprint density at radius 1 is 1.12 bits per heavy atom. The first kappa shape index (κ1) is 31.0. The van der Waals surface area contributed by atoms with Crippen molar-refractivity contribution in [2.75, 3.05) is 6.54 Å². The van der Waals surface area contributed by atoms with E-state index in [0.29, 0.717) is 59.2 Å². The maximum Gasteiger partial charge on any atom is 0.253 e. The minimum atomic E-state index is -0.860. The molecule has 14 heteroatoms. The third-order valence-corrected chi connectivity index (χ3v) is 7.93. The standard InChI is InChI=1S/C28H32Cl2N8O4/c1-3-22(24(39)16-38-25(34-35-36-38)14-19-20(29)9-6-10-21(19)30)32-26(40)17(2)37-13-5-4-11-23(28(37)42)33-27(41)18-8-7-12-31-15-18/h6-10,12,15,17,22-23H,3-5,11,13-14,16H2,1-2H3,(H,32,40)(H,33,41). The van der Waals surface area contributed by atoms with E-state index < -0.39 is 29.9 Å². The molecule has 42 heavy (non-hydrogen) atoms. The van der Waals surface area contributed by atoms with E-state index >= 15 is 0 Å². The zero-order valence-corrected chi connectivity index (χ0v) is 24.8. The number of nitrogens with one attached hydrogen (secondary N) is 2. The van der Waals surface area contributed by atoms with Crippen LogP contribution >= 0.6 is 23.2 Å². The molecule has 12 nitrogen and oxygen atoms in total. The predicted octanol–water partition coefficient (Wildman–Crippen LogP) is 2.63. The number of aromatic nitrogens is 5. The topological polar surface area (TPSA) is 152 Å². The van der Waals surface area contributed by atoms with Gasteiger partial charge >= 0.3 is 0 Å². The first-order valence-corrected chi connectivity index (χ1v) is 14.5. The Morgan fingerprint density at radius 2 is 1.88 bits per heavy atom. The molecular formula is C28H32Cl2N8O4. The van der Waals surface area contributed by atoms with Gasteiger partial charge in [-0.2, -0.15) is 0 Å². The number of ketones is 1. The molecule has 3 heterocycles. The molecule has 1 aromatic carbocycles. The van der Waals surface area contributed by atoms with Crippen LogP contribution in [0.5, 0.6) is 0 Å². The van der Waals surface area contributed by atoms with Crippen molar-refractivity contribution in [2.45, 2.75) is 70.6 Å². The zero-order valence-electron chi connectivity index (χ0n) is 23.3. The highest BCUT2D eigenvalue weighted by atomic mass is 35.5. The smallest absolute Gasteiger partial charge is 0.253 e. The van der Waals surface area contributed by atoms with Crippen LogP contribution < -0.4 is 10.6 Å². The third-order valence-electron chi connectivity index (χ3n) is 7.22. The van der Waals surface area contributed by atoms with Crippen molar-refractivity contribution in [1.82, 2.24) is 40.7 Å². The van der Waals surface area contributed by atoms with E-state index in [1.807, 2.05) is 0 Å². The molecule has 3 aromatic rings. The summed E-state index contributed by atoms with van der Waals surface area (Å²) in [6.45, 7) is 3.57. The van der Waals surface area contributed by atoms with Crippen LogP contribution in [-0.4, -0.2) is 78.3 Å². The van der Waals surface area contributed by atoms with Crippen molar-refractivity contribution in [1.29, 1.82) is 0 Å². The second-order valence-corrected chi connectivity index (χ2v) is 10.9. The van der Waals surface area contributed by atoms with E-state index in [1.165, 1.54) is 15.8 Å². The summed E-state index contributed by atoms with van der Waals surface area (Å²) in [5, 5.41) is 18.1. The van der Waals surface area contributed by atoms with Gasteiger partial charge in [0.2, 0.25) is 11.8 Å². The molecule has 1 aliphatic heterocycles. The number of carbonyl (C=O) groups excluding carboxylic acids is 4. The maximum absolute atomic E-state index is 13.4. The highest BCUT2D eigenvalue weighted by molar-refractivity contribution is 6.36. The highest BCUT2D eigenvalue weighted by Crippen LogP contribution is 2.26. The van der Waals surface area contributed by atoms with Gasteiger partial charge < -0.3 is 15.5 Å². The number of amides is 3. The second kappa shape index (κ2) is 14.3. The molecule has 1 saturated heterocycles. The summed E-state index contributed by atoms with van der Waals surface area (Å²) in [4.78, 5) is 58.0. The van der Waals surface area contributed by atoms with E-state index in [-0.39, 0.29) is 24.7 Å². The first-order valence-electron chi connectivity index (χ1n) is 13.7. The second-order valence-electron chi connectivity index (χ2n) is 10.0. The zero-order chi connectivity index (χ0) is 30.2. The lowest BCUT2D eigenvalue weighted by Crippen LogP contribution is -2.56. The number of carbonyl (C=O) groups is 4. The number of likely N-dealkylation sites (tertiary alicyclic amines) is 1. The van der Waals surface area contributed by atoms with Gasteiger partial charge in [-0.05, 0) is 72.9 Å². The number of hydrogen-bond donors (Lipinski definition) is 2. The van der Waals surface area contributed by atoms with Crippen LogP contribution in [0.3, 0.4) is 0 Å². The molecule has 2 N–H and O–H groups in total. The fraction of sp³-hybridized carbons (Fsp3) is 0.429. The van der Waals surface area contributed by atoms with Gasteiger partial charge in [-0.1, -0.05) is 36.2 Å². The number of rotatable bonds is 11. The maximum atomic E-state index is 13.4. The molecule has 0 aliphatic carbocycles. The van der Waals surface area contributed by atoms with Gasteiger partial charge in [0, 0.05) is 35.4 Å². The normalized spacial score (nSPS) is 16.8. The number of halogens is 2. The van der Waals surface area contributed by atoms with E-state index in [1.54, 1.807) is 50.4 Å². The minimum Gasteiger partial charge on any atom is -0.344 e. The quantitative estimate of drug-likeness (QED) is 0.334. The first-order chi connectivity index (χ1) is 20.2. The minimum absolute atomic E-state index is 0.178. The largest absolute Gasteiger partial charge is 0.344 e. The molecular weight excluding hydrogens is 583 g/mol. The van der Waals surface area contributed by atoms with Gasteiger partial charge in [-0.25, -0.2) is 4.68 Å². The Hall–Kier alpha value is -3.90. The van der Waals surface area contributed by atoms with Crippen molar-refractivity contribution in [3.8, 4) is 0 Å². The molecule has 1 fully saturated rings. The van der Waals surface area contributed by atoms with Crippen LogP contribution in [0.1, 0.15) is 61.3 Å². The van der Waals surface area contributed by atoms with Gasteiger partial charge in [0.05, 0.1) is 11.6 Å². The summed E-state index contributed by atoms with van der Waals surface area (Å²) in [5.41, 5.74) is 0.979. The Balaban J connectivity index is 1.39. The average Bonchev–Trinajstić information content (AvgIpc) is 3.34. The van der Waals surface area contributed by atoms with Crippen LogP contribution in [-0.2, 0) is 27.3 Å². The van der Waals surface area contributed by atoms with Crippen molar-refractivity contribution >= 4 is 46.7 Å². The summed E-state index contributed by atoms with van der Waals surface area (Å²) >= 11 is 12.6. The van der Waals surface area contributed by atoms with Gasteiger partial charge in [0.25, 0.3) is 5.91 Å². The Bertz CT molecular complexity index is 1410. The summed E-state index contributed by atoms with van der Waals surface area (Å²) < 4.78 is 1.36. The lowest BCUT2D eigenvalue weighted by molar-refractivity contribution is -0.141. The Morgan fingerprint density at radius 3 is 2.57 bits per heavy atom. The lowest BCUT2D eigenvalue weighted by Gasteiger charge is -2.30. The van der Waals surface area contributed by atoms with Crippen LogP contribution in [0.4, 0.5) is 0 Å². The lowest BCUT2D eigenvalue weighted by atomic mass is 10.1. The summed E-state index contributed by atoms with van der Waals surface area (Å²) in [6.07, 6.45) is 5.37. The third kappa shape index (κ3) is 7.48. The number of nitrogens with zero attached hydrogens (tertiary/aromatic N) is 6. The molecule has 0 radical (unpaired) electrons. The van der Waals surface area contributed by atoms with Crippen LogP contribution in [0, 0.1) is 0 Å². The highest BCUT2D eigenvalue weighted by Gasteiger charge is 2.35. The molecule has 1 aliphatic rings. The summed E-state index contributed by atoms with van der Waals surface area (Å²) in [5.74, 6) is -1.13. The fourth-order valence-corrected chi connectivity index (χ4v) is 5.29. The van der Waals surface area contributed by atoms with Crippen molar-refractivity contribution < 1.29 is 19.2 Å². The van der Waals surface area contributed by atoms with Crippen LogP contribution in [0.25, 0.3) is 0 Å². The van der Waals surface area contributed by atoms with Gasteiger partial charge in [-0.15, -0.1) is 5.10 Å². The monoisotopic (exact) mass is 614 g/mol. The fourth-order valence-electron chi connectivity index (χ4n) is 4.76. The number of pyridine rings is 1. The van der Waals surface area contributed by atoms with Crippen molar-refractivity contribution in [3.05, 3.63) is 69.7 Å². The Labute approximate surface area is 253 Å². The van der Waals surface area contributed by atoms with Gasteiger partial charge in [-0.3, -0.25) is 24.2 Å². The molecule has 0 spiro atoms. The molecule has 2 aromatic heterocycles.